The average molecular weight is 489 g/mol. The van der Waals surface area contributed by atoms with E-state index in [9.17, 15) is 13.2 Å². The Hall–Kier alpha value is -2.48. The van der Waals surface area contributed by atoms with Crippen LogP contribution in [0.15, 0.2) is 82.6 Å². The number of amides is 1. The van der Waals surface area contributed by atoms with Crippen molar-refractivity contribution in [3.05, 3.63) is 88.9 Å². The molecule has 0 aliphatic rings. The summed E-state index contributed by atoms with van der Waals surface area (Å²) in [6.07, 6.45) is 0. The Balaban J connectivity index is 1.72. The second-order valence-electron chi connectivity index (χ2n) is 7.32. The van der Waals surface area contributed by atoms with Crippen LogP contribution >= 0.6 is 23.4 Å². The molecule has 0 bridgehead atoms. The minimum atomic E-state index is -3.91. The maximum absolute atomic E-state index is 13.4. The molecule has 0 spiro atoms. The number of carbonyl (C=O) groups excluding carboxylic acids is 1. The summed E-state index contributed by atoms with van der Waals surface area (Å²) in [5, 5.41) is 3.50. The first-order chi connectivity index (χ1) is 15.3. The number of carbonyl (C=O) groups is 1. The van der Waals surface area contributed by atoms with Crippen LogP contribution < -0.4 is 9.62 Å². The van der Waals surface area contributed by atoms with Gasteiger partial charge in [-0.1, -0.05) is 35.9 Å². The van der Waals surface area contributed by atoms with Gasteiger partial charge in [-0.3, -0.25) is 9.10 Å². The number of thioether (sulfide) groups is 1. The van der Waals surface area contributed by atoms with Crippen molar-refractivity contribution in [2.45, 2.75) is 23.6 Å². The third-order valence-electron chi connectivity index (χ3n) is 4.62. The molecule has 0 aromatic heterocycles. The van der Waals surface area contributed by atoms with E-state index >= 15 is 0 Å². The molecule has 1 amide bonds. The summed E-state index contributed by atoms with van der Waals surface area (Å²) in [5.41, 5.74) is 2.32. The Morgan fingerprint density at radius 2 is 1.59 bits per heavy atom. The largest absolute Gasteiger partial charge is 0.354 e. The van der Waals surface area contributed by atoms with Gasteiger partial charge < -0.3 is 5.32 Å². The van der Waals surface area contributed by atoms with Crippen molar-refractivity contribution in [1.82, 2.24) is 5.32 Å². The molecule has 32 heavy (non-hydrogen) atoms. The van der Waals surface area contributed by atoms with E-state index in [-0.39, 0.29) is 17.3 Å². The molecular formula is C24H25ClN2O3S2. The molecule has 5 nitrogen and oxygen atoms in total. The lowest BCUT2D eigenvalue weighted by atomic mass is 10.1. The summed E-state index contributed by atoms with van der Waals surface area (Å²) in [6.45, 7) is 3.92. The standard InChI is InChI=1S/C24H25ClN2O3S2/c1-18-14-19(2)16-21(15-18)27(32(29,30)23-6-4-3-5-7-23)17-24(28)26-12-13-31-22-10-8-20(25)9-11-22/h3-11,14-16H,12-13,17H2,1-2H3,(H,26,28). The quantitative estimate of drug-likeness (QED) is 0.337. The monoisotopic (exact) mass is 488 g/mol. The first-order valence-electron chi connectivity index (χ1n) is 10.1. The summed E-state index contributed by atoms with van der Waals surface area (Å²) in [6, 6.07) is 21.1. The van der Waals surface area contributed by atoms with Gasteiger partial charge in [-0.15, -0.1) is 11.8 Å². The van der Waals surface area contributed by atoms with Crippen molar-refractivity contribution in [2.75, 3.05) is 23.1 Å². The van der Waals surface area contributed by atoms with Gasteiger partial charge in [0.2, 0.25) is 5.91 Å². The molecule has 0 fully saturated rings. The van der Waals surface area contributed by atoms with Crippen LogP contribution in [0.1, 0.15) is 11.1 Å². The molecule has 0 saturated carbocycles. The number of halogens is 1. The number of sulfonamides is 1. The van der Waals surface area contributed by atoms with Crippen LogP contribution in [0.3, 0.4) is 0 Å². The van der Waals surface area contributed by atoms with Gasteiger partial charge in [0, 0.05) is 22.2 Å². The lowest BCUT2D eigenvalue weighted by molar-refractivity contribution is -0.119. The van der Waals surface area contributed by atoms with Crippen LogP contribution in [-0.2, 0) is 14.8 Å². The Morgan fingerprint density at radius 1 is 0.969 bits per heavy atom. The Kier molecular flexibility index (Phi) is 8.23. The number of benzene rings is 3. The van der Waals surface area contributed by atoms with Crippen molar-refractivity contribution in [3.63, 3.8) is 0 Å². The van der Waals surface area contributed by atoms with Gasteiger partial charge in [0.15, 0.2) is 0 Å². The molecule has 3 aromatic carbocycles. The zero-order valence-corrected chi connectivity index (χ0v) is 20.3. The van der Waals surface area contributed by atoms with Gasteiger partial charge in [-0.05, 0) is 73.5 Å². The van der Waals surface area contributed by atoms with Gasteiger partial charge in [-0.2, -0.15) is 0 Å². The zero-order valence-electron chi connectivity index (χ0n) is 17.9. The maximum Gasteiger partial charge on any atom is 0.264 e. The molecule has 1 N–H and O–H groups in total. The first kappa shape index (κ1) is 24.2. The smallest absolute Gasteiger partial charge is 0.264 e. The highest BCUT2D eigenvalue weighted by molar-refractivity contribution is 7.99. The van der Waals surface area contributed by atoms with Crippen LogP contribution in [0.25, 0.3) is 0 Å². The SMILES string of the molecule is Cc1cc(C)cc(N(CC(=O)NCCSc2ccc(Cl)cc2)S(=O)(=O)c2ccccc2)c1. The second kappa shape index (κ2) is 10.9. The van der Waals surface area contributed by atoms with E-state index in [4.69, 9.17) is 11.6 Å². The van der Waals surface area contributed by atoms with Crippen LogP contribution in [0.4, 0.5) is 5.69 Å². The number of nitrogens with zero attached hydrogens (tertiary/aromatic N) is 1. The minimum absolute atomic E-state index is 0.144. The van der Waals surface area contributed by atoms with Gasteiger partial charge in [-0.25, -0.2) is 8.42 Å². The molecule has 3 aromatic rings. The van der Waals surface area contributed by atoms with Gasteiger partial charge in [0.1, 0.15) is 6.54 Å². The summed E-state index contributed by atoms with van der Waals surface area (Å²) < 4.78 is 27.9. The number of hydrogen-bond donors (Lipinski definition) is 1. The van der Waals surface area contributed by atoms with Gasteiger partial charge in [0.25, 0.3) is 10.0 Å². The van der Waals surface area contributed by atoms with Crippen molar-refractivity contribution in [3.8, 4) is 0 Å². The Bertz CT molecular complexity index is 1150. The molecule has 0 aliphatic carbocycles. The summed E-state index contributed by atoms with van der Waals surface area (Å²) in [5.74, 6) is 0.294. The van der Waals surface area contributed by atoms with Crippen LogP contribution in [0.2, 0.25) is 5.02 Å². The summed E-state index contributed by atoms with van der Waals surface area (Å²) in [7, 11) is -3.91. The van der Waals surface area contributed by atoms with E-state index in [1.165, 1.54) is 16.4 Å². The second-order valence-corrected chi connectivity index (χ2v) is 10.8. The van der Waals surface area contributed by atoms with Crippen molar-refractivity contribution >= 4 is 45.0 Å². The van der Waals surface area contributed by atoms with E-state index in [1.54, 1.807) is 42.1 Å². The Labute approximate surface area is 198 Å². The maximum atomic E-state index is 13.4. The molecule has 0 heterocycles. The highest BCUT2D eigenvalue weighted by Crippen LogP contribution is 2.26. The van der Waals surface area contributed by atoms with Crippen molar-refractivity contribution in [1.29, 1.82) is 0 Å². The topological polar surface area (TPSA) is 66.5 Å². The van der Waals surface area contributed by atoms with E-state index in [0.717, 1.165) is 16.0 Å². The first-order valence-corrected chi connectivity index (χ1v) is 12.9. The van der Waals surface area contributed by atoms with Crippen molar-refractivity contribution < 1.29 is 13.2 Å². The third-order valence-corrected chi connectivity index (χ3v) is 7.67. The zero-order chi connectivity index (χ0) is 23.1. The van der Waals surface area contributed by atoms with Gasteiger partial charge in [0.05, 0.1) is 10.6 Å². The fourth-order valence-electron chi connectivity index (χ4n) is 3.21. The number of aryl methyl sites for hydroxylation is 2. The predicted molar refractivity (Wildman–Crippen MR) is 132 cm³/mol. The molecule has 8 heteroatoms. The predicted octanol–water partition coefficient (Wildman–Crippen LogP) is 5.06. The molecule has 0 saturated heterocycles. The molecule has 0 radical (unpaired) electrons. The summed E-state index contributed by atoms with van der Waals surface area (Å²) >= 11 is 7.48. The third kappa shape index (κ3) is 6.51. The molecule has 0 aliphatic heterocycles. The summed E-state index contributed by atoms with van der Waals surface area (Å²) in [4.78, 5) is 13.9. The van der Waals surface area contributed by atoms with Crippen LogP contribution in [0.5, 0.6) is 0 Å². The highest BCUT2D eigenvalue weighted by atomic mass is 35.5. The molecule has 3 rings (SSSR count). The van der Waals surface area contributed by atoms with Crippen LogP contribution in [0, 0.1) is 13.8 Å². The minimum Gasteiger partial charge on any atom is -0.354 e. The normalized spacial score (nSPS) is 11.2. The molecule has 0 atom stereocenters. The number of nitrogens with one attached hydrogen (secondary N) is 1. The number of rotatable bonds is 9. The highest BCUT2D eigenvalue weighted by Gasteiger charge is 2.27. The van der Waals surface area contributed by atoms with Crippen LogP contribution in [-0.4, -0.2) is 33.2 Å². The van der Waals surface area contributed by atoms with E-state index in [1.807, 2.05) is 44.2 Å². The number of anilines is 1. The molecule has 168 valence electrons. The number of hydrogen-bond acceptors (Lipinski definition) is 4. The Morgan fingerprint density at radius 3 is 2.22 bits per heavy atom. The molecular weight excluding hydrogens is 464 g/mol. The lowest BCUT2D eigenvalue weighted by Gasteiger charge is -2.25. The fourth-order valence-corrected chi connectivity index (χ4v) is 5.53. The lowest BCUT2D eigenvalue weighted by Crippen LogP contribution is -2.41. The van der Waals surface area contributed by atoms with E-state index < -0.39 is 10.0 Å². The van der Waals surface area contributed by atoms with Crippen molar-refractivity contribution in [2.24, 2.45) is 0 Å². The fraction of sp³-hybridized carbons (Fsp3) is 0.208. The average Bonchev–Trinajstić information content (AvgIpc) is 2.76. The van der Waals surface area contributed by atoms with Gasteiger partial charge >= 0.3 is 0 Å². The van der Waals surface area contributed by atoms with E-state index in [0.29, 0.717) is 23.0 Å². The molecule has 0 unspecified atom stereocenters. The van der Waals surface area contributed by atoms with E-state index in [2.05, 4.69) is 5.32 Å².